The van der Waals surface area contributed by atoms with Gasteiger partial charge in [-0.15, -0.1) is 11.3 Å². The molecule has 0 bridgehead atoms. The number of benzene rings is 2. The molecule has 174 valence electrons. The summed E-state index contributed by atoms with van der Waals surface area (Å²) in [6, 6.07) is 10.8. The Morgan fingerprint density at radius 2 is 2.09 bits per heavy atom. The number of halogens is 1. The number of piperidine rings is 1. The van der Waals surface area contributed by atoms with Crippen molar-refractivity contribution in [3.05, 3.63) is 58.7 Å². The number of anilines is 1. The maximum Gasteiger partial charge on any atom is 0.246 e. The van der Waals surface area contributed by atoms with Gasteiger partial charge in [-0.05, 0) is 50.1 Å². The summed E-state index contributed by atoms with van der Waals surface area (Å²) in [5.74, 6) is -1.39. The monoisotopic (exact) mass is 489 g/mol. The molecule has 1 N–H and O–H groups in total. The zero-order valence-corrected chi connectivity index (χ0v) is 19.9. The summed E-state index contributed by atoms with van der Waals surface area (Å²) >= 11 is 1.55. The average Bonchev–Trinajstić information content (AvgIpc) is 3.25. The summed E-state index contributed by atoms with van der Waals surface area (Å²) in [4.78, 5) is 17.2. The maximum atomic E-state index is 13.8. The number of nitrogens with one attached hydrogen (secondary N) is 1. The van der Waals surface area contributed by atoms with Crippen LogP contribution in [0, 0.1) is 18.7 Å². The number of thiazole rings is 1. The molecule has 4 rings (SSSR count). The van der Waals surface area contributed by atoms with Crippen molar-refractivity contribution >= 4 is 33.0 Å². The molecule has 1 saturated heterocycles. The van der Waals surface area contributed by atoms with E-state index < -0.39 is 21.8 Å². The minimum Gasteiger partial charge on any atom is -0.495 e. The van der Waals surface area contributed by atoms with Gasteiger partial charge in [-0.25, -0.2) is 17.8 Å². The van der Waals surface area contributed by atoms with E-state index in [4.69, 9.17) is 4.74 Å². The molecule has 1 aliphatic rings. The van der Waals surface area contributed by atoms with E-state index in [2.05, 4.69) is 10.3 Å². The lowest BCUT2D eigenvalue weighted by atomic mass is 9.98. The molecular formula is C23H24FN3O4S2. The van der Waals surface area contributed by atoms with E-state index in [1.54, 1.807) is 17.4 Å². The molecule has 1 amide bonds. The zero-order chi connectivity index (χ0) is 23.6. The van der Waals surface area contributed by atoms with Gasteiger partial charge in [0.05, 0.1) is 23.7 Å². The van der Waals surface area contributed by atoms with E-state index in [9.17, 15) is 17.6 Å². The van der Waals surface area contributed by atoms with Gasteiger partial charge >= 0.3 is 0 Å². The number of ether oxygens (including phenoxy) is 1. The van der Waals surface area contributed by atoms with E-state index in [1.807, 2.05) is 30.5 Å². The first-order chi connectivity index (χ1) is 15.8. The molecule has 7 nitrogen and oxygen atoms in total. The predicted octanol–water partition coefficient (Wildman–Crippen LogP) is 4.31. The minimum atomic E-state index is -4.03. The van der Waals surface area contributed by atoms with E-state index in [-0.39, 0.29) is 29.6 Å². The number of hydrogen-bond acceptors (Lipinski definition) is 6. The number of sulfonamides is 1. The highest BCUT2D eigenvalue weighted by Crippen LogP contribution is 2.31. The SMILES string of the molecule is COc1ccc(F)cc1S(=O)(=O)N1CCC[C@@H](C(=O)Nc2cccc(-c3csc(C)n3)c2)C1. The molecule has 1 fully saturated rings. The number of hydrogen-bond donors (Lipinski definition) is 1. The van der Waals surface area contributed by atoms with Crippen molar-refractivity contribution in [1.29, 1.82) is 0 Å². The molecule has 2 aromatic carbocycles. The molecule has 0 saturated carbocycles. The van der Waals surface area contributed by atoms with E-state index in [0.29, 0.717) is 18.5 Å². The second kappa shape index (κ2) is 9.58. The fourth-order valence-corrected chi connectivity index (χ4v) is 6.18. The van der Waals surface area contributed by atoms with Crippen molar-refractivity contribution in [2.24, 2.45) is 5.92 Å². The Labute approximate surface area is 196 Å². The lowest BCUT2D eigenvalue weighted by molar-refractivity contribution is -0.120. The number of aryl methyl sites for hydroxylation is 1. The van der Waals surface area contributed by atoms with Gasteiger partial charge in [0.2, 0.25) is 15.9 Å². The molecule has 0 spiro atoms. The minimum absolute atomic E-state index is 0.0127. The van der Waals surface area contributed by atoms with Crippen molar-refractivity contribution < 1.29 is 22.3 Å². The number of carbonyl (C=O) groups is 1. The summed E-state index contributed by atoms with van der Waals surface area (Å²) in [5, 5.41) is 5.82. The Balaban J connectivity index is 1.50. The van der Waals surface area contributed by atoms with Crippen LogP contribution in [0.5, 0.6) is 5.75 Å². The first kappa shape index (κ1) is 23.3. The third-order valence-electron chi connectivity index (χ3n) is 5.54. The van der Waals surface area contributed by atoms with Crippen molar-refractivity contribution in [3.8, 4) is 17.0 Å². The number of amides is 1. The molecule has 2 heterocycles. The largest absolute Gasteiger partial charge is 0.495 e. The molecule has 10 heteroatoms. The molecule has 0 aliphatic carbocycles. The van der Waals surface area contributed by atoms with Gasteiger partial charge < -0.3 is 10.1 Å². The molecule has 3 aromatic rings. The maximum absolute atomic E-state index is 13.8. The predicted molar refractivity (Wildman–Crippen MR) is 125 cm³/mol. The average molecular weight is 490 g/mol. The first-order valence-electron chi connectivity index (χ1n) is 10.4. The summed E-state index contributed by atoms with van der Waals surface area (Å²) < 4.78 is 46.5. The molecule has 1 aromatic heterocycles. The summed E-state index contributed by atoms with van der Waals surface area (Å²) in [5.41, 5.74) is 2.35. The van der Waals surface area contributed by atoms with Crippen LogP contribution < -0.4 is 10.1 Å². The van der Waals surface area contributed by atoms with Gasteiger partial charge in [-0.3, -0.25) is 4.79 Å². The van der Waals surface area contributed by atoms with Crippen LogP contribution >= 0.6 is 11.3 Å². The van der Waals surface area contributed by atoms with Crippen LogP contribution in [-0.2, 0) is 14.8 Å². The number of aromatic nitrogens is 1. The van der Waals surface area contributed by atoms with E-state index in [1.165, 1.54) is 17.5 Å². The van der Waals surface area contributed by atoms with E-state index in [0.717, 1.165) is 28.4 Å². The summed E-state index contributed by atoms with van der Waals surface area (Å²) in [6.45, 7) is 2.20. The zero-order valence-electron chi connectivity index (χ0n) is 18.2. The Kier molecular flexibility index (Phi) is 6.78. The lowest BCUT2D eigenvalue weighted by Gasteiger charge is -2.31. The third-order valence-corrected chi connectivity index (χ3v) is 8.20. The normalized spacial score (nSPS) is 17.0. The van der Waals surface area contributed by atoms with Crippen molar-refractivity contribution in [2.45, 2.75) is 24.7 Å². The lowest BCUT2D eigenvalue weighted by Crippen LogP contribution is -2.43. The second-order valence-electron chi connectivity index (χ2n) is 7.82. The van der Waals surface area contributed by atoms with Crippen LogP contribution in [0.25, 0.3) is 11.3 Å². The van der Waals surface area contributed by atoms with Crippen LogP contribution in [0.3, 0.4) is 0 Å². The molecule has 33 heavy (non-hydrogen) atoms. The van der Waals surface area contributed by atoms with Gasteiger partial charge in [-0.1, -0.05) is 12.1 Å². The smallest absolute Gasteiger partial charge is 0.246 e. The number of nitrogens with zero attached hydrogens (tertiary/aromatic N) is 2. The Morgan fingerprint density at radius 1 is 1.27 bits per heavy atom. The van der Waals surface area contributed by atoms with Crippen LogP contribution in [0.2, 0.25) is 0 Å². The van der Waals surface area contributed by atoms with Crippen LogP contribution in [0.4, 0.5) is 10.1 Å². The highest BCUT2D eigenvalue weighted by molar-refractivity contribution is 7.89. The molecule has 0 radical (unpaired) electrons. The standard InChI is InChI=1S/C23H24FN3O4S2/c1-15-25-20(14-32-15)16-5-3-7-19(11-16)26-23(28)17-6-4-10-27(13-17)33(29,30)22-12-18(24)8-9-21(22)31-2/h3,5,7-9,11-12,14,17H,4,6,10,13H2,1-2H3,(H,26,28)/t17-/m1/s1. The summed E-state index contributed by atoms with van der Waals surface area (Å²) in [7, 11) is -2.69. The van der Waals surface area contributed by atoms with E-state index >= 15 is 0 Å². The third kappa shape index (κ3) is 5.07. The van der Waals surface area contributed by atoms with Gasteiger partial charge in [0.15, 0.2) is 0 Å². The van der Waals surface area contributed by atoms with Gasteiger partial charge in [-0.2, -0.15) is 4.31 Å². The topological polar surface area (TPSA) is 88.6 Å². The first-order valence-corrected chi connectivity index (χ1v) is 12.8. The fraction of sp³-hybridized carbons (Fsp3) is 0.304. The molecular weight excluding hydrogens is 465 g/mol. The number of methoxy groups -OCH3 is 1. The van der Waals surface area contributed by atoms with Crippen LogP contribution in [0.1, 0.15) is 17.8 Å². The number of carbonyl (C=O) groups excluding carboxylic acids is 1. The Hall–Kier alpha value is -2.82. The Morgan fingerprint density at radius 3 is 2.82 bits per heavy atom. The van der Waals surface area contributed by atoms with Crippen molar-refractivity contribution in [2.75, 3.05) is 25.5 Å². The van der Waals surface area contributed by atoms with Gasteiger partial charge in [0.25, 0.3) is 0 Å². The highest BCUT2D eigenvalue weighted by Gasteiger charge is 2.35. The van der Waals surface area contributed by atoms with Crippen LogP contribution in [-0.4, -0.2) is 43.8 Å². The quantitative estimate of drug-likeness (QED) is 0.558. The van der Waals surface area contributed by atoms with Crippen molar-refractivity contribution in [3.63, 3.8) is 0 Å². The fourth-order valence-electron chi connectivity index (χ4n) is 3.86. The summed E-state index contributed by atoms with van der Waals surface area (Å²) in [6.07, 6.45) is 1.08. The Bertz CT molecular complexity index is 1280. The highest BCUT2D eigenvalue weighted by atomic mass is 32.2. The van der Waals surface area contributed by atoms with Crippen LogP contribution in [0.15, 0.2) is 52.7 Å². The molecule has 0 unspecified atom stereocenters. The van der Waals surface area contributed by atoms with Crippen molar-refractivity contribution in [1.82, 2.24) is 9.29 Å². The van der Waals surface area contributed by atoms with Gasteiger partial charge in [0, 0.05) is 29.7 Å². The molecule has 1 aliphatic heterocycles. The second-order valence-corrected chi connectivity index (χ2v) is 10.8. The molecule has 1 atom stereocenters. The van der Waals surface area contributed by atoms with Gasteiger partial charge in [0.1, 0.15) is 16.5 Å². The number of rotatable bonds is 6.